The molecule has 36 heavy (non-hydrogen) atoms. The van der Waals surface area contributed by atoms with Crippen LogP contribution in [0.2, 0.25) is 5.02 Å². The van der Waals surface area contributed by atoms with Crippen molar-refractivity contribution in [2.45, 2.75) is 19.4 Å². The van der Waals surface area contributed by atoms with Gasteiger partial charge in [-0.2, -0.15) is 5.10 Å². The molecule has 1 fully saturated rings. The minimum Gasteiger partial charge on any atom is -0.493 e. The highest BCUT2D eigenvalue weighted by Gasteiger charge is 2.14. The molecule has 0 atom stereocenters. The van der Waals surface area contributed by atoms with Gasteiger partial charge < -0.3 is 14.4 Å². The van der Waals surface area contributed by atoms with Crippen LogP contribution in [0.1, 0.15) is 34.3 Å². The number of rotatable bonds is 9. The Morgan fingerprint density at radius 1 is 1.17 bits per heavy atom. The minimum atomic E-state index is -0.465. The normalized spacial score (nSPS) is 13.1. The van der Waals surface area contributed by atoms with Gasteiger partial charge in [0.25, 0.3) is 11.6 Å². The number of methoxy groups -OCH3 is 1. The summed E-state index contributed by atoms with van der Waals surface area (Å²) in [6.45, 7) is 2.15. The monoisotopic (exact) mass is 508 g/mol. The van der Waals surface area contributed by atoms with Crippen LogP contribution in [-0.2, 0) is 6.61 Å². The largest absolute Gasteiger partial charge is 0.493 e. The summed E-state index contributed by atoms with van der Waals surface area (Å²) >= 11 is 6.40. The van der Waals surface area contributed by atoms with Crippen LogP contribution in [0.5, 0.6) is 11.5 Å². The number of carbonyl (C=O) groups is 1. The maximum absolute atomic E-state index is 12.4. The van der Waals surface area contributed by atoms with Crippen LogP contribution in [0.4, 0.5) is 11.4 Å². The average Bonchev–Trinajstić information content (AvgIpc) is 3.43. The Labute approximate surface area is 213 Å². The molecule has 4 rings (SSSR count). The first-order valence-electron chi connectivity index (χ1n) is 11.4. The molecule has 1 heterocycles. The van der Waals surface area contributed by atoms with Gasteiger partial charge in [0.05, 0.1) is 23.3 Å². The summed E-state index contributed by atoms with van der Waals surface area (Å²) in [7, 11) is 1.47. The summed E-state index contributed by atoms with van der Waals surface area (Å²) < 4.78 is 11.2. The van der Waals surface area contributed by atoms with E-state index in [1.54, 1.807) is 36.4 Å². The van der Waals surface area contributed by atoms with E-state index in [1.165, 1.54) is 38.3 Å². The number of non-ortho nitro benzene ring substituents is 1. The van der Waals surface area contributed by atoms with Crippen LogP contribution < -0.4 is 19.8 Å². The zero-order valence-electron chi connectivity index (χ0n) is 19.6. The Bertz CT molecular complexity index is 1270. The van der Waals surface area contributed by atoms with E-state index in [0.29, 0.717) is 28.2 Å². The molecule has 186 valence electrons. The third-order valence-corrected chi connectivity index (χ3v) is 6.02. The van der Waals surface area contributed by atoms with E-state index in [0.717, 1.165) is 18.8 Å². The summed E-state index contributed by atoms with van der Waals surface area (Å²) in [6, 6.07) is 16.9. The van der Waals surface area contributed by atoms with Crippen LogP contribution in [-0.4, -0.2) is 37.2 Å². The SMILES string of the molecule is COc1cc(/C=N\NC(=O)c2ccc(N3CCCC3)cc2)cc(Cl)c1OCc1cccc([N+](=O)[O-])c1. The second-order valence-corrected chi connectivity index (χ2v) is 8.60. The number of carbonyl (C=O) groups excluding carboxylic acids is 1. The quantitative estimate of drug-likeness (QED) is 0.242. The van der Waals surface area contributed by atoms with Crippen molar-refractivity contribution in [1.29, 1.82) is 0 Å². The molecule has 0 aromatic heterocycles. The first-order chi connectivity index (χ1) is 17.4. The van der Waals surface area contributed by atoms with Gasteiger partial charge in [-0.3, -0.25) is 14.9 Å². The Morgan fingerprint density at radius 2 is 1.92 bits per heavy atom. The maximum Gasteiger partial charge on any atom is 0.271 e. The van der Waals surface area contributed by atoms with Gasteiger partial charge in [-0.25, -0.2) is 5.43 Å². The Balaban J connectivity index is 1.38. The van der Waals surface area contributed by atoms with E-state index in [9.17, 15) is 14.9 Å². The summed E-state index contributed by atoms with van der Waals surface area (Å²) in [4.78, 5) is 25.3. The third kappa shape index (κ3) is 6.11. The molecule has 0 radical (unpaired) electrons. The van der Waals surface area contributed by atoms with Crippen molar-refractivity contribution in [3.63, 3.8) is 0 Å². The fraction of sp³-hybridized carbons (Fsp3) is 0.231. The Morgan fingerprint density at radius 3 is 2.61 bits per heavy atom. The van der Waals surface area contributed by atoms with Crippen LogP contribution in [0.15, 0.2) is 65.8 Å². The maximum atomic E-state index is 12.4. The molecule has 1 N–H and O–H groups in total. The molecule has 0 bridgehead atoms. The Kier molecular flexibility index (Phi) is 8.02. The average molecular weight is 509 g/mol. The molecular weight excluding hydrogens is 484 g/mol. The predicted molar refractivity (Wildman–Crippen MR) is 138 cm³/mol. The molecule has 10 heteroatoms. The number of nitrogens with zero attached hydrogens (tertiary/aromatic N) is 3. The molecule has 9 nitrogen and oxygen atoms in total. The third-order valence-electron chi connectivity index (χ3n) is 5.74. The highest BCUT2D eigenvalue weighted by Crippen LogP contribution is 2.36. The van der Waals surface area contributed by atoms with Crippen molar-refractivity contribution in [3.8, 4) is 11.5 Å². The van der Waals surface area contributed by atoms with E-state index in [2.05, 4.69) is 15.4 Å². The van der Waals surface area contributed by atoms with Gasteiger partial charge in [-0.15, -0.1) is 0 Å². The number of hydrogen-bond acceptors (Lipinski definition) is 7. The lowest BCUT2D eigenvalue weighted by molar-refractivity contribution is -0.384. The van der Waals surface area contributed by atoms with Gasteiger partial charge in [0.1, 0.15) is 6.61 Å². The fourth-order valence-electron chi connectivity index (χ4n) is 3.90. The number of amides is 1. The first kappa shape index (κ1) is 25.0. The van der Waals surface area contributed by atoms with Gasteiger partial charge >= 0.3 is 0 Å². The summed E-state index contributed by atoms with van der Waals surface area (Å²) in [5, 5.41) is 15.3. The number of hydrogen-bond donors (Lipinski definition) is 1. The molecule has 1 aliphatic rings. The number of halogens is 1. The van der Waals surface area contributed by atoms with Crippen molar-refractivity contribution in [1.82, 2.24) is 5.43 Å². The number of nitro benzene ring substituents is 1. The number of nitrogens with one attached hydrogen (secondary N) is 1. The minimum absolute atomic E-state index is 0.0229. The molecular formula is C26H25ClN4O5. The van der Waals surface area contributed by atoms with Gasteiger partial charge in [-0.1, -0.05) is 23.7 Å². The second-order valence-electron chi connectivity index (χ2n) is 8.19. The number of benzene rings is 3. The zero-order chi connectivity index (χ0) is 25.5. The van der Waals surface area contributed by atoms with Gasteiger partial charge in [0.15, 0.2) is 11.5 Å². The van der Waals surface area contributed by atoms with Crippen LogP contribution in [0.3, 0.4) is 0 Å². The highest BCUT2D eigenvalue weighted by atomic mass is 35.5. The summed E-state index contributed by atoms with van der Waals surface area (Å²) in [6.07, 6.45) is 3.84. The van der Waals surface area contributed by atoms with Crippen LogP contribution in [0.25, 0.3) is 0 Å². The predicted octanol–water partition coefficient (Wildman–Crippen LogP) is 5.20. The van der Waals surface area contributed by atoms with E-state index in [4.69, 9.17) is 21.1 Å². The molecule has 1 amide bonds. The number of anilines is 1. The molecule has 0 saturated carbocycles. The lowest BCUT2D eigenvalue weighted by atomic mass is 10.2. The topological polar surface area (TPSA) is 106 Å². The lowest BCUT2D eigenvalue weighted by Crippen LogP contribution is -2.19. The van der Waals surface area contributed by atoms with Crippen molar-refractivity contribution in [2.24, 2.45) is 5.10 Å². The van der Waals surface area contributed by atoms with Crippen LogP contribution in [0, 0.1) is 10.1 Å². The molecule has 1 aliphatic heterocycles. The van der Waals surface area contributed by atoms with Crippen molar-refractivity contribution < 1.29 is 19.2 Å². The molecule has 3 aromatic rings. The summed E-state index contributed by atoms with van der Waals surface area (Å²) in [5.41, 5.74) is 5.32. The number of ether oxygens (including phenoxy) is 2. The van der Waals surface area contributed by atoms with E-state index < -0.39 is 4.92 Å². The fourth-order valence-corrected chi connectivity index (χ4v) is 4.17. The smallest absolute Gasteiger partial charge is 0.271 e. The standard InChI is InChI=1S/C26H25ClN4O5/c1-35-24-15-19(14-23(27)25(24)36-17-18-5-4-6-22(13-18)31(33)34)16-28-29-26(32)20-7-9-21(10-8-20)30-11-2-3-12-30/h4-10,13-16H,2-3,11-12,17H2,1H3,(H,29,32)/b28-16-. The van der Waals surface area contributed by atoms with E-state index in [-0.39, 0.29) is 23.2 Å². The highest BCUT2D eigenvalue weighted by molar-refractivity contribution is 6.32. The molecule has 0 spiro atoms. The Hall–Kier alpha value is -4.11. The number of hydrazone groups is 1. The van der Waals surface area contributed by atoms with E-state index >= 15 is 0 Å². The molecule has 1 saturated heterocycles. The van der Waals surface area contributed by atoms with Crippen LogP contribution >= 0.6 is 11.6 Å². The zero-order valence-corrected chi connectivity index (χ0v) is 20.4. The van der Waals surface area contributed by atoms with Crippen molar-refractivity contribution in [3.05, 3.63) is 92.5 Å². The van der Waals surface area contributed by atoms with Gasteiger partial charge in [0, 0.05) is 36.5 Å². The molecule has 0 unspecified atom stereocenters. The van der Waals surface area contributed by atoms with Gasteiger partial charge in [0.2, 0.25) is 0 Å². The van der Waals surface area contributed by atoms with E-state index in [1.807, 2.05) is 12.1 Å². The molecule has 3 aromatic carbocycles. The summed E-state index contributed by atoms with van der Waals surface area (Å²) in [5.74, 6) is 0.331. The molecule has 0 aliphatic carbocycles. The second kappa shape index (κ2) is 11.5. The van der Waals surface area contributed by atoms with Gasteiger partial charge in [-0.05, 0) is 60.4 Å². The van der Waals surface area contributed by atoms with Crippen molar-refractivity contribution >= 4 is 35.1 Å². The van der Waals surface area contributed by atoms with Crippen molar-refractivity contribution in [2.75, 3.05) is 25.1 Å². The lowest BCUT2D eigenvalue weighted by Gasteiger charge is -2.17. The number of nitro groups is 1. The first-order valence-corrected chi connectivity index (χ1v) is 11.7.